The first-order valence-corrected chi connectivity index (χ1v) is 6.76. The van der Waals surface area contributed by atoms with Gasteiger partial charge in [-0.25, -0.2) is 4.39 Å². The van der Waals surface area contributed by atoms with Crippen molar-refractivity contribution in [2.45, 2.75) is 26.4 Å². The highest BCUT2D eigenvalue weighted by Gasteiger charge is 2.22. The first-order chi connectivity index (χ1) is 8.67. The van der Waals surface area contributed by atoms with Crippen molar-refractivity contribution in [1.29, 1.82) is 5.41 Å². The van der Waals surface area contributed by atoms with E-state index in [2.05, 4.69) is 15.9 Å². The molecule has 1 rings (SSSR count). The minimum absolute atomic E-state index is 0.173. The maximum Gasteiger partial charge on any atom is 0.161 e. The van der Waals surface area contributed by atoms with Crippen molar-refractivity contribution in [2.24, 2.45) is 5.73 Å². The normalized spacial score (nSPS) is 11.5. The predicted octanol–water partition coefficient (Wildman–Crippen LogP) is 2.47. The molecule has 0 fully saturated rings. The molecule has 0 aromatic heterocycles. The van der Waals surface area contributed by atoms with Crippen LogP contribution in [-0.2, 0) is 0 Å². The Balaban J connectivity index is 3.20. The van der Waals surface area contributed by atoms with Crippen LogP contribution in [0.15, 0.2) is 16.6 Å². The highest BCUT2D eigenvalue weighted by Crippen LogP contribution is 2.30. The molecule has 0 radical (unpaired) electrons. The molecule has 0 aliphatic heterocycles. The molecule has 0 amide bonds. The van der Waals surface area contributed by atoms with Gasteiger partial charge < -0.3 is 15.7 Å². The van der Waals surface area contributed by atoms with Crippen molar-refractivity contribution >= 4 is 27.5 Å². The van der Waals surface area contributed by atoms with Gasteiger partial charge in [0, 0.05) is 18.7 Å². The third kappa shape index (κ3) is 3.91. The minimum atomic E-state index is -0.922. The zero-order chi connectivity index (χ0) is 14.8. The average molecular weight is 332 g/mol. The van der Waals surface area contributed by atoms with Crippen LogP contribution < -0.4 is 10.6 Å². The van der Waals surface area contributed by atoms with Gasteiger partial charge in [-0.05, 0) is 48.8 Å². The summed E-state index contributed by atoms with van der Waals surface area (Å²) in [6, 6.07) is 3.17. The molecule has 4 nitrogen and oxygen atoms in total. The first-order valence-electron chi connectivity index (χ1n) is 5.97. The summed E-state index contributed by atoms with van der Waals surface area (Å²) in [6.07, 6.45) is 0. The number of nitrogens with one attached hydrogen (secondary N) is 1. The number of benzene rings is 1. The Morgan fingerprint density at radius 3 is 2.53 bits per heavy atom. The van der Waals surface area contributed by atoms with Crippen molar-refractivity contribution in [2.75, 3.05) is 18.0 Å². The fraction of sp³-hybridized carbons (Fsp3) is 0.462. The molecule has 0 heterocycles. The molecule has 19 heavy (non-hydrogen) atoms. The second-order valence-electron chi connectivity index (χ2n) is 5.00. The molecular weight excluding hydrogens is 313 g/mol. The molecule has 4 N–H and O–H groups in total. The van der Waals surface area contributed by atoms with Crippen LogP contribution in [0.3, 0.4) is 0 Å². The van der Waals surface area contributed by atoms with Gasteiger partial charge in [0.05, 0.1) is 15.8 Å². The van der Waals surface area contributed by atoms with Crippen molar-refractivity contribution in [3.63, 3.8) is 0 Å². The molecule has 0 bridgehead atoms. The van der Waals surface area contributed by atoms with Gasteiger partial charge in [0.2, 0.25) is 0 Å². The number of amidine groups is 1. The number of hydrogen-bond acceptors (Lipinski definition) is 3. The zero-order valence-electron chi connectivity index (χ0n) is 11.3. The van der Waals surface area contributed by atoms with Gasteiger partial charge in [-0.15, -0.1) is 0 Å². The SMILES string of the molecule is CCN(CC(C)(C)O)c1ccc(C(=N)N)c(Br)c1F. The summed E-state index contributed by atoms with van der Waals surface area (Å²) in [6.45, 7) is 6.11. The number of nitrogens with two attached hydrogens (primary N) is 1. The lowest BCUT2D eigenvalue weighted by Gasteiger charge is -2.30. The fourth-order valence-electron chi connectivity index (χ4n) is 1.83. The van der Waals surface area contributed by atoms with E-state index in [4.69, 9.17) is 11.1 Å². The van der Waals surface area contributed by atoms with Gasteiger partial charge in [-0.3, -0.25) is 5.41 Å². The number of anilines is 1. The Labute approximate surface area is 121 Å². The number of nitrogen functional groups attached to an aromatic ring is 1. The minimum Gasteiger partial charge on any atom is -0.389 e. The Hall–Kier alpha value is -1.14. The summed E-state index contributed by atoms with van der Waals surface area (Å²) < 4.78 is 14.5. The summed E-state index contributed by atoms with van der Waals surface area (Å²) in [4.78, 5) is 1.74. The van der Waals surface area contributed by atoms with Crippen LogP contribution in [0.4, 0.5) is 10.1 Å². The van der Waals surface area contributed by atoms with Crippen LogP contribution >= 0.6 is 15.9 Å². The molecule has 0 saturated heterocycles. The van der Waals surface area contributed by atoms with E-state index >= 15 is 0 Å². The van der Waals surface area contributed by atoms with Crippen molar-refractivity contribution < 1.29 is 9.50 Å². The molecule has 0 spiro atoms. The quantitative estimate of drug-likeness (QED) is 0.573. The summed E-state index contributed by atoms with van der Waals surface area (Å²) >= 11 is 3.12. The van der Waals surface area contributed by atoms with Crippen LogP contribution in [0, 0.1) is 11.2 Å². The Kier molecular flexibility index (Phi) is 4.92. The van der Waals surface area contributed by atoms with E-state index < -0.39 is 11.4 Å². The summed E-state index contributed by atoms with van der Waals surface area (Å²) in [7, 11) is 0. The number of likely N-dealkylation sites (N-methyl/N-ethyl adjacent to an activating group) is 1. The lowest BCUT2D eigenvalue weighted by atomic mass is 10.1. The molecule has 0 aliphatic carbocycles. The number of aliphatic hydroxyl groups is 1. The maximum absolute atomic E-state index is 14.3. The Morgan fingerprint density at radius 1 is 1.53 bits per heavy atom. The van der Waals surface area contributed by atoms with Gasteiger partial charge >= 0.3 is 0 Å². The second kappa shape index (κ2) is 5.88. The molecule has 0 atom stereocenters. The molecular formula is C13H19BrFN3O. The van der Waals surface area contributed by atoms with Gasteiger partial charge in [-0.1, -0.05) is 0 Å². The highest BCUT2D eigenvalue weighted by molar-refractivity contribution is 9.10. The van der Waals surface area contributed by atoms with Gasteiger partial charge in [-0.2, -0.15) is 0 Å². The van der Waals surface area contributed by atoms with Gasteiger partial charge in [0.15, 0.2) is 5.82 Å². The smallest absolute Gasteiger partial charge is 0.161 e. The van der Waals surface area contributed by atoms with Crippen molar-refractivity contribution in [1.82, 2.24) is 0 Å². The lowest BCUT2D eigenvalue weighted by molar-refractivity contribution is 0.0874. The zero-order valence-corrected chi connectivity index (χ0v) is 12.9. The average Bonchev–Trinajstić information content (AvgIpc) is 2.28. The van der Waals surface area contributed by atoms with E-state index in [0.29, 0.717) is 24.3 Å². The second-order valence-corrected chi connectivity index (χ2v) is 5.79. The first kappa shape index (κ1) is 15.9. The Morgan fingerprint density at radius 2 is 2.11 bits per heavy atom. The van der Waals surface area contributed by atoms with Crippen molar-refractivity contribution in [3.8, 4) is 0 Å². The molecule has 0 aliphatic rings. The van der Waals surface area contributed by atoms with E-state index in [1.807, 2.05) is 6.92 Å². The van der Waals surface area contributed by atoms with E-state index in [1.165, 1.54) is 0 Å². The van der Waals surface area contributed by atoms with E-state index in [-0.39, 0.29) is 10.3 Å². The lowest BCUT2D eigenvalue weighted by Crippen LogP contribution is -2.39. The standard InChI is InChI=1S/C13H19BrFN3O/c1-4-18(7-13(2,3)19)9-6-5-8(12(16)17)10(14)11(9)15/h5-6,19H,4,7H2,1-3H3,(H3,16,17). The Bertz CT molecular complexity index is 486. The number of halogens is 2. The van der Waals surface area contributed by atoms with Crippen LogP contribution in [0.1, 0.15) is 26.3 Å². The molecule has 106 valence electrons. The molecule has 0 unspecified atom stereocenters. The summed E-state index contributed by atoms with van der Waals surface area (Å²) in [5.74, 6) is -0.665. The van der Waals surface area contributed by atoms with Crippen molar-refractivity contribution in [3.05, 3.63) is 28.0 Å². The van der Waals surface area contributed by atoms with Crippen LogP contribution in [-0.4, -0.2) is 29.6 Å². The third-order valence-corrected chi connectivity index (χ3v) is 3.43. The molecule has 6 heteroatoms. The van der Waals surface area contributed by atoms with E-state index in [9.17, 15) is 9.50 Å². The predicted molar refractivity (Wildman–Crippen MR) is 79.3 cm³/mol. The van der Waals surface area contributed by atoms with Crippen LogP contribution in [0.2, 0.25) is 0 Å². The van der Waals surface area contributed by atoms with Crippen LogP contribution in [0.25, 0.3) is 0 Å². The highest BCUT2D eigenvalue weighted by atomic mass is 79.9. The molecule has 1 aromatic carbocycles. The van der Waals surface area contributed by atoms with Gasteiger partial charge in [0.25, 0.3) is 0 Å². The van der Waals surface area contributed by atoms with E-state index in [0.717, 1.165) is 0 Å². The molecule has 1 aromatic rings. The van der Waals surface area contributed by atoms with Gasteiger partial charge in [0.1, 0.15) is 5.84 Å². The van der Waals surface area contributed by atoms with Crippen LogP contribution in [0.5, 0.6) is 0 Å². The number of rotatable bonds is 5. The number of nitrogens with zero attached hydrogens (tertiary/aromatic N) is 1. The monoisotopic (exact) mass is 331 g/mol. The topological polar surface area (TPSA) is 73.3 Å². The maximum atomic E-state index is 14.3. The third-order valence-electron chi connectivity index (χ3n) is 2.65. The summed E-state index contributed by atoms with van der Waals surface area (Å²) in [5, 5.41) is 17.2. The fourth-order valence-corrected chi connectivity index (χ4v) is 2.37. The number of hydrogen-bond donors (Lipinski definition) is 3. The summed E-state index contributed by atoms with van der Waals surface area (Å²) in [5.41, 5.74) is 5.15. The molecule has 0 saturated carbocycles. The van der Waals surface area contributed by atoms with E-state index in [1.54, 1.807) is 30.9 Å². The largest absolute Gasteiger partial charge is 0.389 e.